The fourth-order valence-electron chi connectivity index (χ4n) is 3.07. The van der Waals surface area contributed by atoms with Gasteiger partial charge in [-0.15, -0.1) is 0 Å². The molecule has 0 unspecified atom stereocenters. The summed E-state index contributed by atoms with van der Waals surface area (Å²) in [7, 11) is 0. The molecule has 1 aromatic carbocycles. The minimum Gasteiger partial charge on any atom is -0.354 e. The predicted octanol–water partition coefficient (Wildman–Crippen LogP) is 2.64. The molecule has 1 fully saturated rings. The second-order valence-electron chi connectivity index (χ2n) is 6.08. The first-order valence-corrected chi connectivity index (χ1v) is 8.69. The Bertz CT molecular complexity index is 827. The maximum atomic E-state index is 6.07. The van der Waals surface area contributed by atoms with E-state index in [-0.39, 0.29) is 0 Å². The number of anilines is 1. The SMILES string of the molecule is Clc1cccc(CN2CCN(c3cc(-n4cccn4)ncn3)CC2)c1. The van der Waals surface area contributed by atoms with Crippen molar-refractivity contribution in [2.24, 2.45) is 0 Å². The zero-order valence-electron chi connectivity index (χ0n) is 13.8. The summed E-state index contributed by atoms with van der Waals surface area (Å²) in [5, 5.41) is 5.02. The van der Waals surface area contributed by atoms with Gasteiger partial charge in [0, 0.05) is 56.2 Å². The van der Waals surface area contributed by atoms with E-state index >= 15 is 0 Å². The van der Waals surface area contributed by atoms with Gasteiger partial charge >= 0.3 is 0 Å². The van der Waals surface area contributed by atoms with Gasteiger partial charge in [-0.25, -0.2) is 14.6 Å². The van der Waals surface area contributed by atoms with Crippen molar-refractivity contribution in [2.45, 2.75) is 6.54 Å². The highest BCUT2D eigenvalue weighted by Gasteiger charge is 2.19. The highest BCUT2D eigenvalue weighted by atomic mass is 35.5. The van der Waals surface area contributed by atoms with Crippen LogP contribution < -0.4 is 4.90 Å². The standard InChI is InChI=1S/C18H19ClN6/c19-16-4-1-3-15(11-16)13-23-7-9-24(10-8-23)17-12-18(21-14-20-17)25-6-2-5-22-25/h1-6,11-12,14H,7-10,13H2. The van der Waals surface area contributed by atoms with Crippen molar-refractivity contribution in [1.82, 2.24) is 24.6 Å². The van der Waals surface area contributed by atoms with E-state index in [4.69, 9.17) is 11.6 Å². The summed E-state index contributed by atoms with van der Waals surface area (Å²) in [4.78, 5) is 13.5. The van der Waals surface area contributed by atoms with E-state index in [0.717, 1.165) is 49.4 Å². The average Bonchev–Trinajstić information content (AvgIpc) is 3.17. The summed E-state index contributed by atoms with van der Waals surface area (Å²) in [6.07, 6.45) is 5.23. The maximum Gasteiger partial charge on any atom is 0.158 e. The Morgan fingerprint density at radius 1 is 0.960 bits per heavy atom. The molecule has 6 nitrogen and oxygen atoms in total. The average molecular weight is 355 g/mol. The Labute approximate surface area is 151 Å². The summed E-state index contributed by atoms with van der Waals surface area (Å²) in [5.74, 6) is 1.74. The third kappa shape index (κ3) is 3.81. The minimum absolute atomic E-state index is 0.788. The molecule has 0 bridgehead atoms. The second kappa shape index (κ2) is 7.21. The van der Waals surface area contributed by atoms with E-state index in [1.807, 2.05) is 36.5 Å². The summed E-state index contributed by atoms with van der Waals surface area (Å²) in [6.45, 7) is 4.80. The maximum absolute atomic E-state index is 6.07. The molecule has 0 amide bonds. The molecular formula is C18H19ClN6. The Balaban J connectivity index is 1.39. The normalized spacial score (nSPS) is 15.5. The van der Waals surface area contributed by atoms with Crippen LogP contribution >= 0.6 is 11.6 Å². The number of hydrogen-bond donors (Lipinski definition) is 0. The number of aromatic nitrogens is 4. The van der Waals surface area contributed by atoms with Crippen LogP contribution in [-0.2, 0) is 6.54 Å². The van der Waals surface area contributed by atoms with Crippen LogP contribution in [0.5, 0.6) is 0 Å². The van der Waals surface area contributed by atoms with Crippen LogP contribution in [0.15, 0.2) is 55.1 Å². The van der Waals surface area contributed by atoms with Crippen LogP contribution in [0.2, 0.25) is 5.02 Å². The zero-order chi connectivity index (χ0) is 17.1. The van der Waals surface area contributed by atoms with Crippen LogP contribution in [-0.4, -0.2) is 50.8 Å². The van der Waals surface area contributed by atoms with Gasteiger partial charge < -0.3 is 4.90 Å². The molecule has 4 rings (SSSR count). The van der Waals surface area contributed by atoms with Gasteiger partial charge in [-0.3, -0.25) is 4.90 Å². The van der Waals surface area contributed by atoms with Gasteiger partial charge in [-0.05, 0) is 23.8 Å². The second-order valence-corrected chi connectivity index (χ2v) is 6.51. The van der Waals surface area contributed by atoms with E-state index in [0.29, 0.717) is 0 Å². The lowest BCUT2D eigenvalue weighted by molar-refractivity contribution is 0.249. The minimum atomic E-state index is 0.788. The molecular weight excluding hydrogens is 336 g/mol. The topological polar surface area (TPSA) is 50.1 Å². The van der Waals surface area contributed by atoms with Crippen LogP contribution in [0, 0.1) is 0 Å². The molecule has 3 aromatic rings. The molecule has 0 aliphatic carbocycles. The molecule has 0 atom stereocenters. The van der Waals surface area contributed by atoms with Crippen molar-refractivity contribution < 1.29 is 0 Å². The summed E-state index contributed by atoms with van der Waals surface area (Å²) < 4.78 is 1.75. The Kier molecular flexibility index (Phi) is 4.63. The largest absolute Gasteiger partial charge is 0.354 e. The number of halogens is 1. The first-order chi connectivity index (χ1) is 12.3. The number of hydrogen-bond acceptors (Lipinski definition) is 5. The molecule has 0 radical (unpaired) electrons. The predicted molar refractivity (Wildman–Crippen MR) is 98.1 cm³/mol. The first-order valence-electron chi connectivity index (χ1n) is 8.32. The number of benzene rings is 1. The molecule has 0 spiro atoms. The lowest BCUT2D eigenvalue weighted by Crippen LogP contribution is -2.46. The molecule has 1 saturated heterocycles. The van der Waals surface area contributed by atoms with Gasteiger partial charge in [0.2, 0.25) is 0 Å². The first kappa shape index (κ1) is 16.1. The van der Waals surface area contributed by atoms with Crippen LogP contribution in [0.25, 0.3) is 5.82 Å². The molecule has 7 heteroatoms. The van der Waals surface area contributed by atoms with Crippen molar-refractivity contribution in [3.05, 3.63) is 65.7 Å². The summed E-state index contributed by atoms with van der Waals surface area (Å²) >= 11 is 6.07. The molecule has 0 saturated carbocycles. The van der Waals surface area contributed by atoms with E-state index in [9.17, 15) is 0 Å². The highest BCUT2D eigenvalue weighted by molar-refractivity contribution is 6.30. The Morgan fingerprint density at radius 2 is 1.80 bits per heavy atom. The third-order valence-corrected chi connectivity index (χ3v) is 4.60. The molecule has 0 N–H and O–H groups in total. The van der Waals surface area contributed by atoms with E-state index in [1.54, 1.807) is 17.2 Å². The van der Waals surface area contributed by atoms with Crippen molar-refractivity contribution in [3.8, 4) is 5.82 Å². The molecule has 1 aliphatic heterocycles. The quantitative estimate of drug-likeness (QED) is 0.721. The lowest BCUT2D eigenvalue weighted by atomic mass is 10.2. The summed E-state index contributed by atoms with van der Waals surface area (Å²) in [5.41, 5.74) is 1.25. The fraction of sp³-hybridized carbons (Fsp3) is 0.278. The summed E-state index contributed by atoms with van der Waals surface area (Å²) in [6, 6.07) is 11.9. The van der Waals surface area contributed by atoms with Crippen molar-refractivity contribution in [2.75, 3.05) is 31.1 Å². The number of piperazine rings is 1. The van der Waals surface area contributed by atoms with Crippen molar-refractivity contribution >= 4 is 17.4 Å². The molecule has 3 heterocycles. The monoisotopic (exact) mass is 354 g/mol. The van der Waals surface area contributed by atoms with Crippen molar-refractivity contribution in [3.63, 3.8) is 0 Å². The lowest BCUT2D eigenvalue weighted by Gasteiger charge is -2.35. The molecule has 25 heavy (non-hydrogen) atoms. The Morgan fingerprint density at radius 3 is 2.56 bits per heavy atom. The zero-order valence-corrected chi connectivity index (χ0v) is 14.5. The van der Waals surface area contributed by atoms with E-state index < -0.39 is 0 Å². The Hall–Kier alpha value is -2.44. The number of rotatable bonds is 4. The van der Waals surface area contributed by atoms with Crippen LogP contribution in [0.3, 0.4) is 0 Å². The smallest absolute Gasteiger partial charge is 0.158 e. The molecule has 2 aromatic heterocycles. The number of nitrogens with zero attached hydrogens (tertiary/aromatic N) is 6. The van der Waals surface area contributed by atoms with Crippen LogP contribution in [0.1, 0.15) is 5.56 Å². The molecule has 128 valence electrons. The molecule has 1 aliphatic rings. The fourth-order valence-corrected chi connectivity index (χ4v) is 3.28. The van der Waals surface area contributed by atoms with E-state index in [2.05, 4.69) is 30.9 Å². The van der Waals surface area contributed by atoms with E-state index in [1.165, 1.54) is 5.56 Å². The van der Waals surface area contributed by atoms with Crippen LogP contribution in [0.4, 0.5) is 5.82 Å². The van der Waals surface area contributed by atoms with Crippen molar-refractivity contribution in [1.29, 1.82) is 0 Å². The van der Waals surface area contributed by atoms with Gasteiger partial charge in [-0.2, -0.15) is 5.10 Å². The van der Waals surface area contributed by atoms with Gasteiger partial charge in [-0.1, -0.05) is 23.7 Å². The van der Waals surface area contributed by atoms with Gasteiger partial charge in [0.25, 0.3) is 0 Å². The third-order valence-electron chi connectivity index (χ3n) is 4.37. The van der Waals surface area contributed by atoms with Gasteiger partial charge in [0.15, 0.2) is 5.82 Å². The van der Waals surface area contributed by atoms with Gasteiger partial charge in [0.05, 0.1) is 0 Å². The highest BCUT2D eigenvalue weighted by Crippen LogP contribution is 2.18. The van der Waals surface area contributed by atoms with Gasteiger partial charge in [0.1, 0.15) is 12.1 Å².